The van der Waals surface area contributed by atoms with E-state index in [2.05, 4.69) is 15.0 Å². The third kappa shape index (κ3) is 2.16. The molecule has 2 aromatic rings. The van der Waals surface area contributed by atoms with Crippen molar-refractivity contribution in [3.63, 3.8) is 0 Å². The van der Waals surface area contributed by atoms with E-state index in [-0.39, 0.29) is 11.5 Å². The van der Waals surface area contributed by atoms with E-state index in [4.69, 9.17) is 11.5 Å². The lowest BCUT2D eigenvalue weighted by atomic mass is 9.87. The lowest BCUT2D eigenvalue weighted by molar-refractivity contribution is 0.306. The van der Waals surface area contributed by atoms with Gasteiger partial charge in [0, 0.05) is 17.0 Å². The predicted molar refractivity (Wildman–Crippen MR) is 96.1 cm³/mol. The van der Waals surface area contributed by atoms with Crippen molar-refractivity contribution < 1.29 is 0 Å². The molecule has 1 aliphatic carbocycles. The maximum absolute atomic E-state index is 12.1. The fourth-order valence-corrected chi connectivity index (χ4v) is 3.87. The van der Waals surface area contributed by atoms with Crippen molar-refractivity contribution in [3.05, 3.63) is 40.8 Å². The third-order valence-corrected chi connectivity index (χ3v) is 4.88. The van der Waals surface area contributed by atoms with Crippen LogP contribution in [0.15, 0.2) is 45.2 Å². The van der Waals surface area contributed by atoms with Gasteiger partial charge >= 0.3 is 0 Å². The highest BCUT2D eigenvalue weighted by Gasteiger charge is 2.43. The summed E-state index contributed by atoms with van der Waals surface area (Å²) in [6.45, 7) is 0. The van der Waals surface area contributed by atoms with Crippen LogP contribution in [0.5, 0.6) is 0 Å². The number of guanidine groups is 2. The Hall–Kier alpha value is -2.83. The van der Waals surface area contributed by atoms with Crippen LogP contribution in [-0.4, -0.2) is 22.6 Å². The first kappa shape index (κ1) is 14.7. The molecule has 1 saturated carbocycles. The molecule has 7 heteroatoms. The van der Waals surface area contributed by atoms with Crippen LogP contribution >= 0.6 is 0 Å². The highest BCUT2D eigenvalue weighted by molar-refractivity contribution is 6.10. The van der Waals surface area contributed by atoms with E-state index in [0.29, 0.717) is 11.3 Å². The van der Waals surface area contributed by atoms with Gasteiger partial charge in [-0.3, -0.25) is 9.69 Å². The van der Waals surface area contributed by atoms with Gasteiger partial charge in [0.1, 0.15) is 5.66 Å². The molecule has 2 aliphatic rings. The van der Waals surface area contributed by atoms with E-state index in [1.165, 1.54) is 6.42 Å². The van der Waals surface area contributed by atoms with E-state index >= 15 is 0 Å². The Balaban J connectivity index is 1.95. The summed E-state index contributed by atoms with van der Waals surface area (Å²) in [5.74, 6) is 0.556. The average molecular weight is 324 g/mol. The minimum absolute atomic E-state index is 0.123. The molecule has 24 heavy (non-hydrogen) atoms. The summed E-state index contributed by atoms with van der Waals surface area (Å²) >= 11 is 0. The lowest BCUT2D eigenvalue weighted by Gasteiger charge is -2.45. The molecule has 0 amide bonds. The van der Waals surface area contributed by atoms with E-state index in [9.17, 15) is 4.79 Å². The summed E-state index contributed by atoms with van der Waals surface area (Å²) in [4.78, 5) is 25.7. The number of aliphatic imine (C=N–C) groups is 2. The molecule has 7 nitrogen and oxygen atoms in total. The number of nitrogens with one attached hydrogen (secondary N) is 1. The maximum Gasteiger partial charge on any atom is 0.255 e. The van der Waals surface area contributed by atoms with E-state index in [1.54, 1.807) is 12.3 Å². The van der Waals surface area contributed by atoms with E-state index in [1.807, 2.05) is 23.1 Å². The summed E-state index contributed by atoms with van der Waals surface area (Å²) < 4.78 is 0. The molecule has 0 atom stereocenters. The zero-order chi connectivity index (χ0) is 16.7. The number of hydrogen-bond acceptors (Lipinski definition) is 6. The number of hydrogen-bond donors (Lipinski definition) is 3. The van der Waals surface area contributed by atoms with Crippen LogP contribution in [0, 0.1) is 0 Å². The van der Waals surface area contributed by atoms with Crippen molar-refractivity contribution in [3.8, 4) is 0 Å². The van der Waals surface area contributed by atoms with Gasteiger partial charge in [-0.15, -0.1) is 0 Å². The Labute approximate surface area is 139 Å². The largest absolute Gasteiger partial charge is 0.369 e. The van der Waals surface area contributed by atoms with Crippen molar-refractivity contribution in [1.82, 2.24) is 4.98 Å². The van der Waals surface area contributed by atoms with Crippen molar-refractivity contribution >= 4 is 28.4 Å². The summed E-state index contributed by atoms with van der Waals surface area (Å²) in [5.41, 5.74) is 12.4. The Morgan fingerprint density at radius 3 is 2.67 bits per heavy atom. The van der Waals surface area contributed by atoms with Gasteiger partial charge in [-0.25, -0.2) is 4.99 Å². The van der Waals surface area contributed by atoms with E-state index < -0.39 is 5.66 Å². The zero-order valence-corrected chi connectivity index (χ0v) is 13.3. The molecule has 0 radical (unpaired) electrons. The molecule has 124 valence electrons. The number of pyridine rings is 1. The van der Waals surface area contributed by atoms with Crippen LogP contribution in [0.4, 0.5) is 5.69 Å². The fourth-order valence-electron chi connectivity index (χ4n) is 3.87. The first-order valence-electron chi connectivity index (χ1n) is 8.21. The smallest absolute Gasteiger partial charge is 0.255 e. The summed E-state index contributed by atoms with van der Waals surface area (Å²) in [6.07, 6.45) is 6.68. The Kier molecular flexibility index (Phi) is 3.30. The molecule has 1 spiro atoms. The second kappa shape index (κ2) is 5.36. The van der Waals surface area contributed by atoms with Gasteiger partial charge in [0.15, 0.2) is 0 Å². The van der Waals surface area contributed by atoms with E-state index in [0.717, 1.165) is 36.8 Å². The number of benzene rings is 1. The summed E-state index contributed by atoms with van der Waals surface area (Å²) in [5, 5.41) is 1.45. The molecule has 2 heterocycles. The fraction of sp³-hybridized carbons (Fsp3) is 0.353. The van der Waals surface area contributed by atoms with Crippen LogP contribution in [0.25, 0.3) is 10.8 Å². The topological polar surface area (TPSA) is 113 Å². The molecule has 1 aromatic carbocycles. The Morgan fingerprint density at radius 2 is 1.88 bits per heavy atom. The monoisotopic (exact) mass is 324 g/mol. The van der Waals surface area contributed by atoms with Gasteiger partial charge in [-0.2, -0.15) is 4.99 Å². The van der Waals surface area contributed by atoms with Crippen LogP contribution < -0.4 is 21.9 Å². The minimum Gasteiger partial charge on any atom is -0.369 e. The number of rotatable bonds is 1. The highest BCUT2D eigenvalue weighted by Crippen LogP contribution is 2.41. The zero-order valence-electron chi connectivity index (χ0n) is 13.3. The van der Waals surface area contributed by atoms with Gasteiger partial charge in [0.25, 0.3) is 5.56 Å². The molecule has 4 rings (SSSR count). The van der Waals surface area contributed by atoms with Crippen molar-refractivity contribution in [1.29, 1.82) is 0 Å². The quantitative estimate of drug-likeness (QED) is 0.740. The summed E-state index contributed by atoms with van der Waals surface area (Å²) in [6, 6.07) is 7.51. The lowest BCUT2D eigenvalue weighted by Crippen LogP contribution is -2.58. The first-order chi connectivity index (χ1) is 11.6. The van der Waals surface area contributed by atoms with Crippen molar-refractivity contribution in [2.75, 3.05) is 4.90 Å². The number of aromatic amines is 1. The second-order valence-corrected chi connectivity index (χ2v) is 6.36. The van der Waals surface area contributed by atoms with Crippen molar-refractivity contribution in [2.45, 2.75) is 37.8 Å². The molecular weight excluding hydrogens is 304 g/mol. The van der Waals surface area contributed by atoms with Crippen molar-refractivity contribution in [2.24, 2.45) is 21.5 Å². The van der Waals surface area contributed by atoms with Crippen LogP contribution in [0.1, 0.15) is 32.1 Å². The number of aromatic nitrogens is 1. The van der Waals surface area contributed by atoms with Gasteiger partial charge in [-0.05, 0) is 43.9 Å². The molecule has 0 saturated heterocycles. The van der Waals surface area contributed by atoms with Gasteiger partial charge in [0.05, 0.1) is 5.69 Å². The van der Waals surface area contributed by atoms with Gasteiger partial charge < -0.3 is 16.5 Å². The Bertz CT molecular complexity index is 907. The average Bonchev–Trinajstić information content (AvgIpc) is 2.55. The van der Waals surface area contributed by atoms with Gasteiger partial charge in [-0.1, -0.05) is 12.5 Å². The maximum atomic E-state index is 12.1. The molecular formula is C17H20N6O. The van der Waals surface area contributed by atoms with Crippen LogP contribution in [-0.2, 0) is 0 Å². The molecule has 0 unspecified atom stereocenters. The standard InChI is InChI=1S/C17H20N6O/c18-15-21-16(19)23(17(22-15)8-2-1-3-9-17)13-6-4-5-12-11(13)7-10-20-14(12)24/h4-7,10H,1-3,8-9H2,(H,20,24)(H4,18,19,21,22). The first-order valence-corrected chi connectivity index (χ1v) is 8.21. The third-order valence-electron chi connectivity index (χ3n) is 4.88. The second-order valence-electron chi connectivity index (χ2n) is 6.36. The normalized spacial score (nSPS) is 20.1. The van der Waals surface area contributed by atoms with Gasteiger partial charge in [0.2, 0.25) is 11.9 Å². The molecule has 1 fully saturated rings. The van der Waals surface area contributed by atoms with Crippen LogP contribution in [0.2, 0.25) is 0 Å². The number of anilines is 1. The minimum atomic E-state index is -0.509. The number of H-pyrrole nitrogens is 1. The predicted octanol–water partition coefficient (Wildman–Crippen LogP) is 1.64. The molecule has 5 N–H and O–H groups in total. The number of nitrogens with zero attached hydrogens (tertiary/aromatic N) is 3. The molecule has 1 aliphatic heterocycles. The molecule has 1 aromatic heterocycles. The number of fused-ring (bicyclic) bond motifs is 1. The van der Waals surface area contributed by atoms with Crippen LogP contribution in [0.3, 0.4) is 0 Å². The summed E-state index contributed by atoms with van der Waals surface area (Å²) in [7, 11) is 0. The SMILES string of the molecule is NC1=NC2(CCCCC2)N(c2cccc3c(=O)[nH]ccc23)C(N)=N1. The highest BCUT2D eigenvalue weighted by atomic mass is 16.1. The Morgan fingerprint density at radius 1 is 1.08 bits per heavy atom. The molecule has 0 bridgehead atoms. The number of nitrogens with two attached hydrogens (primary N) is 2.